The Morgan fingerprint density at radius 1 is 0.892 bits per heavy atom. The zero-order valence-electron chi connectivity index (χ0n) is 21.0. The van der Waals surface area contributed by atoms with Crippen molar-refractivity contribution in [3.63, 3.8) is 0 Å². The molecule has 0 spiro atoms. The van der Waals surface area contributed by atoms with Crippen LogP contribution in [0.1, 0.15) is 22.8 Å². The first kappa shape index (κ1) is 27.7. The maximum atomic E-state index is 13.6. The van der Waals surface area contributed by atoms with E-state index in [-0.39, 0.29) is 23.8 Å². The molecule has 0 fully saturated rings. The van der Waals surface area contributed by atoms with Crippen molar-refractivity contribution in [3.05, 3.63) is 83.9 Å². The SMILES string of the molecule is CCOC(=O)c1ccc(NC(=O)CN(CCc2ccccc2)S(=O)(=O)c2ccc(OC)c(OC)c2)cc1. The van der Waals surface area contributed by atoms with Crippen LogP contribution in [0.3, 0.4) is 0 Å². The molecule has 1 amide bonds. The van der Waals surface area contributed by atoms with Crippen molar-refractivity contribution < 1.29 is 32.2 Å². The number of rotatable bonds is 12. The Labute approximate surface area is 217 Å². The van der Waals surface area contributed by atoms with Gasteiger partial charge in [0.15, 0.2) is 11.5 Å². The molecule has 0 aliphatic rings. The van der Waals surface area contributed by atoms with Crippen molar-refractivity contribution in [2.45, 2.75) is 18.2 Å². The van der Waals surface area contributed by atoms with E-state index in [4.69, 9.17) is 14.2 Å². The topological polar surface area (TPSA) is 111 Å². The molecular weight excluding hydrogens is 496 g/mol. The van der Waals surface area contributed by atoms with Crippen LogP contribution in [0, 0.1) is 0 Å². The minimum atomic E-state index is -4.06. The van der Waals surface area contributed by atoms with Gasteiger partial charge in [-0.25, -0.2) is 13.2 Å². The van der Waals surface area contributed by atoms with Gasteiger partial charge in [0.05, 0.1) is 37.8 Å². The summed E-state index contributed by atoms with van der Waals surface area (Å²) in [6.07, 6.45) is 0.412. The summed E-state index contributed by atoms with van der Waals surface area (Å²) in [4.78, 5) is 24.7. The molecule has 196 valence electrons. The third kappa shape index (κ3) is 7.31. The number of esters is 1. The van der Waals surface area contributed by atoms with Gasteiger partial charge in [-0.2, -0.15) is 4.31 Å². The van der Waals surface area contributed by atoms with Gasteiger partial charge in [0, 0.05) is 18.3 Å². The van der Waals surface area contributed by atoms with Crippen LogP contribution in [0.5, 0.6) is 11.5 Å². The zero-order chi connectivity index (χ0) is 26.8. The maximum Gasteiger partial charge on any atom is 0.338 e. The molecule has 0 unspecified atom stereocenters. The quantitative estimate of drug-likeness (QED) is 0.358. The summed E-state index contributed by atoms with van der Waals surface area (Å²) in [6, 6.07) is 19.9. The molecule has 0 aliphatic carbocycles. The number of amides is 1. The predicted octanol–water partition coefficient (Wildman–Crippen LogP) is 3.75. The molecule has 10 heteroatoms. The molecule has 0 saturated carbocycles. The van der Waals surface area contributed by atoms with E-state index in [1.165, 1.54) is 44.6 Å². The predicted molar refractivity (Wildman–Crippen MR) is 139 cm³/mol. The fraction of sp³-hybridized carbons (Fsp3) is 0.259. The van der Waals surface area contributed by atoms with Crippen LogP contribution < -0.4 is 14.8 Å². The molecule has 0 saturated heterocycles. The van der Waals surface area contributed by atoms with Crippen molar-refractivity contribution >= 4 is 27.6 Å². The summed E-state index contributed by atoms with van der Waals surface area (Å²) in [6.45, 7) is 1.63. The number of carbonyl (C=O) groups excluding carboxylic acids is 2. The maximum absolute atomic E-state index is 13.6. The Morgan fingerprint density at radius 2 is 1.57 bits per heavy atom. The highest BCUT2D eigenvalue weighted by Gasteiger charge is 2.28. The van der Waals surface area contributed by atoms with Gasteiger partial charge in [-0.15, -0.1) is 0 Å². The molecule has 3 aromatic rings. The number of nitrogens with zero attached hydrogens (tertiary/aromatic N) is 1. The highest BCUT2D eigenvalue weighted by Crippen LogP contribution is 2.30. The third-order valence-corrected chi connectivity index (χ3v) is 7.33. The number of carbonyl (C=O) groups is 2. The van der Waals surface area contributed by atoms with Crippen LogP contribution in [0.15, 0.2) is 77.7 Å². The van der Waals surface area contributed by atoms with E-state index < -0.39 is 28.4 Å². The average molecular weight is 527 g/mol. The van der Waals surface area contributed by atoms with Crippen molar-refractivity contribution in [1.82, 2.24) is 4.31 Å². The number of hydrogen-bond acceptors (Lipinski definition) is 7. The lowest BCUT2D eigenvalue weighted by atomic mass is 10.1. The van der Waals surface area contributed by atoms with Crippen LogP contribution in [0.2, 0.25) is 0 Å². The summed E-state index contributed by atoms with van der Waals surface area (Å²) in [5, 5.41) is 2.69. The molecule has 0 aliphatic heterocycles. The number of methoxy groups -OCH3 is 2. The van der Waals surface area contributed by atoms with Gasteiger partial charge in [-0.3, -0.25) is 4.79 Å². The highest BCUT2D eigenvalue weighted by atomic mass is 32.2. The van der Waals surface area contributed by atoms with Gasteiger partial charge in [0.2, 0.25) is 15.9 Å². The molecule has 0 radical (unpaired) electrons. The number of hydrogen-bond donors (Lipinski definition) is 1. The lowest BCUT2D eigenvalue weighted by molar-refractivity contribution is -0.116. The van der Waals surface area contributed by atoms with E-state index in [1.54, 1.807) is 19.1 Å². The second kappa shape index (κ2) is 12.9. The van der Waals surface area contributed by atoms with Crippen molar-refractivity contribution in [1.29, 1.82) is 0 Å². The fourth-order valence-corrected chi connectivity index (χ4v) is 4.99. The standard InChI is InChI=1S/C27H30N2O7S/c1-4-36-27(31)21-10-12-22(13-11-21)28-26(30)19-29(17-16-20-8-6-5-7-9-20)37(32,33)23-14-15-24(34-2)25(18-23)35-3/h5-15,18H,4,16-17,19H2,1-3H3,(H,28,30). The molecule has 3 rings (SSSR count). The molecule has 0 atom stereocenters. The zero-order valence-corrected chi connectivity index (χ0v) is 21.8. The molecule has 0 aromatic heterocycles. The molecular formula is C27H30N2O7S. The molecule has 1 N–H and O–H groups in total. The van der Waals surface area contributed by atoms with Crippen molar-refractivity contribution in [3.8, 4) is 11.5 Å². The van der Waals surface area contributed by atoms with Crippen LogP contribution in [-0.2, 0) is 26.0 Å². The average Bonchev–Trinajstić information content (AvgIpc) is 2.91. The van der Waals surface area contributed by atoms with Gasteiger partial charge in [-0.1, -0.05) is 30.3 Å². The van der Waals surface area contributed by atoms with Gasteiger partial charge in [-0.05, 0) is 55.3 Å². The van der Waals surface area contributed by atoms with Crippen LogP contribution in [0.25, 0.3) is 0 Å². The number of sulfonamides is 1. The Kier molecular flexibility index (Phi) is 9.64. The van der Waals surface area contributed by atoms with Gasteiger partial charge >= 0.3 is 5.97 Å². The molecule has 9 nitrogen and oxygen atoms in total. The molecule has 0 bridgehead atoms. The van der Waals surface area contributed by atoms with E-state index in [2.05, 4.69) is 5.32 Å². The largest absolute Gasteiger partial charge is 0.493 e. The van der Waals surface area contributed by atoms with Crippen LogP contribution in [-0.4, -0.2) is 58.5 Å². The number of benzene rings is 3. The first-order chi connectivity index (χ1) is 17.8. The normalized spacial score (nSPS) is 11.1. The smallest absolute Gasteiger partial charge is 0.338 e. The number of anilines is 1. The first-order valence-corrected chi connectivity index (χ1v) is 13.1. The van der Waals surface area contributed by atoms with Crippen LogP contribution >= 0.6 is 0 Å². The van der Waals surface area contributed by atoms with Gasteiger partial charge in [0.25, 0.3) is 0 Å². The summed E-state index contributed by atoms with van der Waals surface area (Å²) < 4.78 is 43.7. The Bertz CT molecular complexity index is 1310. The second-order valence-corrected chi connectivity index (χ2v) is 9.87. The monoisotopic (exact) mass is 526 g/mol. The molecule has 3 aromatic carbocycles. The minimum absolute atomic E-state index is 0.0233. The van der Waals surface area contributed by atoms with Crippen molar-refractivity contribution in [2.75, 3.05) is 39.2 Å². The lowest BCUT2D eigenvalue weighted by Gasteiger charge is -2.22. The van der Waals surface area contributed by atoms with E-state index in [0.29, 0.717) is 23.4 Å². The number of ether oxygens (including phenoxy) is 3. The van der Waals surface area contributed by atoms with E-state index >= 15 is 0 Å². The lowest BCUT2D eigenvalue weighted by Crippen LogP contribution is -2.39. The minimum Gasteiger partial charge on any atom is -0.493 e. The van der Waals surface area contributed by atoms with Crippen LogP contribution in [0.4, 0.5) is 5.69 Å². The Hall–Kier alpha value is -3.89. The van der Waals surface area contributed by atoms with E-state index in [0.717, 1.165) is 9.87 Å². The van der Waals surface area contributed by atoms with E-state index in [9.17, 15) is 18.0 Å². The summed E-state index contributed by atoms with van der Waals surface area (Å²) >= 11 is 0. The van der Waals surface area contributed by atoms with E-state index in [1.807, 2.05) is 30.3 Å². The molecule has 37 heavy (non-hydrogen) atoms. The Balaban J connectivity index is 1.81. The summed E-state index contributed by atoms with van der Waals surface area (Å²) in [7, 11) is -1.19. The highest BCUT2D eigenvalue weighted by molar-refractivity contribution is 7.89. The first-order valence-electron chi connectivity index (χ1n) is 11.6. The van der Waals surface area contributed by atoms with Gasteiger partial charge < -0.3 is 19.5 Å². The molecule has 0 heterocycles. The fourth-order valence-electron chi connectivity index (χ4n) is 3.57. The summed E-state index contributed by atoms with van der Waals surface area (Å²) in [5.41, 5.74) is 1.70. The summed E-state index contributed by atoms with van der Waals surface area (Å²) in [5.74, 6) is -0.339. The van der Waals surface area contributed by atoms with Gasteiger partial charge in [0.1, 0.15) is 0 Å². The van der Waals surface area contributed by atoms with Crippen molar-refractivity contribution in [2.24, 2.45) is 0 Å². The Morgan fingerprint density at radius 3 is 2.19 bits per heavy atom. The second-order valence-electron chi connectivity index (χ2n) is 7.94. The number of nitrogens with one attached hydrogen (secondary N) is 1. The third-order valence-electron chi connectivity index (χ3n) is 5.49.